The van der Waals surface area contributed by atoms with E-state index in [9.17, 15) is 4.79 Å². The normalized spacial score (nSPS) is 11.4. The Hall–Kier alpha value is -3.08. The molecule has 0 spiro atoms. The minimum Gasteiger partial charge on any atom is -0.422 e. The largest absolute Gasteiger partial charge is 0.422 e. The lowest BCUT2D eigenvalue weighted by atomic mass is 10.0. The Balaban J connectivity index is 1.95. The highest BCUT2D eigenvalue weighted by Gasteiger charge is 2.19. The third kappa shape index (κ3) is 2.70. The molecule has 0 aliphatic heterocycles. The van der Waals surface area contributed by atoms with Gasteiger partial charge in [-0.05, 0) is 50.6 Å². The molecule has 4 rings (SSSR count). The summed E-state index contributed by atoms with van der Waals surface area (Å²) in [7, 11) is 1.93. The molecule has 0 fully saturated rings. The van der Waals surface area contributed by atoms with E-state index < -0.39 is 0 Å². The molecular formula is C22H23N3O2. The lowest BCUT2D eigenvalue weighted by Gasteiger charge is -2.21. The van der Waals surface area contributed by atoms with Crippen LogP contribution in [-0.2, 0) is 7.05 Å². The molecule has 2 aromatic carbocycles. The van der Waals surface area contributed by atoms with Crippen LogP contribution >= 0.6 is 0 Å². The first-order valence-corrected chi connectivity index (χ1v) is 9.29. The molecule has 4 aromatic rings. The average Bonchev–Trinajstić information content (AvgIpc) is 2.99. The van der Waals surface area contributed by atoms with Crippen molar-refractivity contribution in [3.63, 3.8) is 0 Å². The van der Waals surface area contributed by atoms with Gasteiger partial charge in [0.15, 0.2) is 0 Å². The van der Waals surface area contributed by atoms with E-state index in [1.165, 1.54) is 0 Å². The fourth-order valence-corrected chi connectivity index (χ4v) is 3.76. The number of fused-ring (bicyclic) bond motifs is 2. The zero-order valence-corrected chi connectivity index (χ0v) is 16.1. The van der Waals surface area contributed by atoms with Crippen molar-refractivity contribution >= 4 is 27.7 Å². The molecule has 0 saturated carbocycles. The van der Waals surface area contributed by atoms with Crippen LogP contribution in [0.1, 0.15) is 19.4 Å². The summed E-state index contributed by atoms with van der Waals surface area (Å²) in [6, 6.07) is 13.9. The Bertz CT molecular complexity index is 1200. The minimum absolute atomic E-state index is 0.352. The number of benzene rings is 2. The van der Waals surface area contributed by atoms with E-state index in [-0.39, 0.29) is 5.63 Å². The average molecular weight is 361 g/mol. The van der Waals surface area contributed by atoms with Gasteiger partial charge in [-0.25, -0.2) is 9.78 Å². The van der Waals surface area contributed by atoms with E-state index in [4.69, 9.17) is 4.42 Å². The summed E-state index contributed by atoms with van der Waals surface area (Å²) in [4.78, 5) is 19.8. The first-order chi connectivity index (χ1) is 13.0. The lowest BCUT2D eigenvalue weighted by Crippen LogP contribution is -2.21. The Morgan fingerprint density at radius 3 is 2.56 bits per heavy atom. The molecule has 27 heavy (non-hydrogen) atoms. The van der Waals surface area contributed by atoms with Gasteiger partial charge in [-0.1, -0.05) is 12.1 Å². The van der Waals surface area contributed by atoms with Gasteiger partial charge in [0, 0.05) is 37.3 Å². The highest BCUT2D eigenvalue weighted by atomic mass is 16.4. The number of hydrogen-bond donors (Lipinski definition) is 0. The van der Waals surface area contributed by atoms with Gasteiger partial charge >= 0.3 is 5.63 Å². The van der Waals surface area contributed by atoms with Crippen LogP contribution in [-0.4, -0.2) is 22.6 Å². The number of anilines is 1. The Kier molecular flexibility index (Phi) is 4.22. The van der Waals surface area contributed by atoms with E-state index >= 15 is 0 Å². The zero-order valence-electron chi connectivity index (χ0n) is 16.1. The number of hydrogen-bond acceptors (Lipinski definition) is 4. The lowest BCUT2D eigenvalue weighted by molar-refractivity contribution is 0.561. The van der Waals surface area contributed by atoms with Crippen molar-refractivity contribution in [1.82, 2.24) is 9.55 Å². The number of aryl methyl sites for hydroxylation is 2. The summed E-state index contributed by atoms with van der Waals surface area (Å²) in [5, 5.41) is 0.938. The molecule has 0 bridgehead atoms. The zero-order chi connectivity index (χ0) is 19.1. The van der Waals surface area contributed by atoms with Crippen LogP contribution in [0.2, 0.25) is 0 Å². The van der Waals surface area contributed by atoms with Gasteiger partial charge in [0.25, 0.3) is 0 Å². The standard InChI is InChI=1S/C22H23N3O2/c1-5-25(6-2)15-11-12-16-14(3)20(22(26)27-19(16)13-15)21-23-17-9-7-8-10-18(17)24(21)4/h7-13H,5-6H2,1-4H3. The van der Waals surface area contributed by atoms with Crippen LogP contribution in [0, 0.1) is 6.92 Å². The highest BCUT2D eigenvalue weighted by Crippen LogP contribution is 2.30. The first kappa shape index (κ1) is 17.3. The maximum absolute atomic E-state index is 12.9. The molecule has 0 radical (unpaired) electrons. The SMILES string of the molecule is CCN(CC)c1ccc2c(C)c(-c3nc4ccccc4n3C)c(=O)oc2c1. The fraction of sp³-hybridized carbons (Fsp3) is 0.273. The molecule has 0 aliphatic carbocycles. The molecule has 0 atom stereocenters. The van der Waals surface area contributed by atoms with Crippen molar-refractivity contribution in [2.24, 2.45) is 7.05 Å². The van der Waals surface area contributed by atoms with Crippen molar-refractivity contribution in [1.29, 1.82) is 0 Å². The second kappa shape index (κ2) is 6.58. The van der Waals surface area contributed by atoms with Crippen molar-refractivity contribution in [3.05, 3.63) is 58.4 Å². The van der Waals surface area contributed by atoms with Crippen molar-refractivity contribution in [2.45, 2.75) is 20.8 Å². The van der Waals surface area contributed by atoms with Gasteiger partial charge in [0.05, 0.1) is 11.0 Å². The van der Waals surface area contributed by atoms with Crippen molar-refractivity contribution in [3.8, 4) is 11.4 Å². The predicted molar refractivity (Wildman–Crippen MR) is 110 cm³/mol. The number of para-hydroxylation sites is 2. The van der Waals surface area contributed by atoms with Crippen LogP contribution in [0.3, 0.4) is 0 Å². The van der Waals surface area contributed by atoms with E-state index in [2.05, 4.69) is 29.8 Å². The molecule has 0 aliphatic rings. The quantitative estimate of drug-likeness (QED) is 0.502. The van der Waals surface area contributed by atoms with Gasteiger partial charge in [-0.15, -0.1) is 0 Å². The van der Waals surface area contributed by atoms with Crippen LogP contribution in [0.5, 0.6) is 0 Å². The van der Waals surface area contributed by atoms with E-state index in [0.29, 0.717) is 17.0 Å². The highest BCUT2D eigenvalue weighted by molar-refractivity contribution is 5.89. The molecular weight excluding hydrogens is 338 g/mol. The van der Waals surface area contributed by atoms with Crippen molar-refractivity contribution in [2.75, 3.05) is 18.0 Å². The van der Waals surface area contributed by atoms with Gasteiger partial charge < -0.3 is 13.9 Å². The topological polar surface area (TPSA) is 51.3 Å². The maximum atomic E-state index is 12.9. The molecule has 2 heterocycles. The summed E-state index contributed by atoms with van der Waals surface area (Å²) >= 11 is 0. The summed E-state index contributed by atoms with van der Waals surface area (Å²) in [5.41, 5.74) is 4.60. The van der Waals surface area contributed by atoms with Gasteiger partial charge in [0.1, 0.15) is 17.0 Å². The smallest absolute Gasteiger partial charge is 0.347 e. The monoisotopic (exact) mass is 361 g/mol. The van der Waals surface area contributed by atoms with Crippen LogP contribution in [0.15, 0.2) is 51.7 Å². The van der Waals surface area contributed by atoms with E-state index in [1.54, 1.807) is 0 Å². The molecule has 0 unspecified atom stereocenters. The predicted octanol–water partition coefficient (Wildman–Crippen LogP) is 4.50. The Labute approximate surface area is 157 Å². The molecule has 5 heteroatoms. The second-order valence-corrected chi connectivity index (χ2v) is 6.73. The van der Waals surface area contributed by atoms with Crippen LogP contribution < -0.4 is 10.5 Å². The van der Waals surface area contributed by atoms with Gasteiger partial charge in [-0.3, -0.25) is 0 Å². The number of imidazole rings is 1. The third-order valence-electron chi connectivity index (χ3n) is 5.29. The number of aromatic nitrogens is 2. The molecule has 138 valence electrons. The molecule has 0 saturated heterocycles. The summed E-state index contributed by atoms with van der Waals surface area (Å²) < 4.78 is 7.67. The van der Waals surface area contributed by atoms with E-state index in [1.807, 2.05) is 54.9 Å². The van der Waals surface area contributed by atoms with Crippen LogP contribution in [0.4, 0.5) is 5.69 Å². The fourth-order valence-electron chi connectivity index (χ4n) is 3.76. The van der Waals surface area contributed by atoms with Gasteiger partial charge in [-0.2, -0.15) is 0 Å². The molecule has 0 amide bonds. The maximum Gasteiger partial charge on any atom is 0.347 e. The summed E-state index contributed by atoms with van der Waals surface area (Å²) in [6.07, 6.45) is 0. The van der Waals surface area contributed by atoms with E-state index in [0.717, 1.165) is 40.8 Å². The molecule has 2 aromatic heterocycles. The number of nitrogens with zero attached hydrogens (tertiary/aromatic N) is 3. The first-order valence-electron chi connectivity index (χ1n) is 9.29. The minimum atomic E-state index is -0.352. The van der Waals surface area contributed by atoms with Gasteiger partial charge in [0.2, 0.25) is 0 Å². The molecule has 0 N–H and O–H groups in total. The third-order valence-corrected chi connectivity index (χ3v) is 5.29. The van der Waals surface area contributed by atoms with Crippen molar-refractivity contribution < 1.29 is 4.42 Å². The Morgan fingerprint density at radius 1 is 1.11 bits per heavy atom. The Morgan fingerprint density at radius 2 is 1.85 bits per heavy atom. The second-order valence-electron chi connectivity index (χ2n) is 6.73. The number of rotatable bonds is 4. The van der Waals surface area contributed by atoms with Crippen LogP contribution in [0.25, 0.3) is 33.4 Å². The molecule has 5 nitrogen and oxygen atoms in total. The summed E-state index contributed by atoms with van der Waals surface area (Å²) in [6.45, 7) is 8.01. The summed E-state index contributed by atoms with van der Waals surface area (Å²) in [5.74, 6) is 0.636.